The van der Waals surface area contributed by atoms with Crippen LogP contribution < -0.4 is 0 Å². The highest BCUT2D eigenvalue weighted by atomic mass is 32.2. The first-order valence-electron chi connectivity index (χ1n) is 8.87. The van der Waals surface area contributed by atoms with Crippen LogP contribution in [0.3, 0.4) is 0 Å². The summed E-state index contributed by atoms with van der Waals surface area (Å²) < 4.78 is 4.39. The Kier molecular flexibility index (Phi) is 3.94. The van der Waals surface area contributed by atoms with Gasteiger partial charge in [0.2, 0.25) is 0 Å². The number of fused-ring (bicyclic) bond motifs is 2. The van der Waals surface area contributed by atoms with Crippen molar-refractivity contribution in [2.24, 2.45) is 7.05 Å². The molecule has 0 saturated heterocycles. The highest BCUT2D eigenvalue weighted by Gasteiger charge is 2.14. The summed E-state index contributed by atoms with van der Waals surface area (Å²) >= 11 is 1.72. The molecule has 0 saturated carbocycles. The van der Waals surface area contributed by atoms with Gasteiger partial charge in [-0.25, -0.2) is 9.97 Å². The van der Waals surface area contributed by atoms with Crippen molar-refractivity contribution in [3.05, 3.63) is 84.7 Å². The summed E-state index contributed by atoms with van der Waals surface area (Å²) in [6, 6.07) is 26.9. The van der Waals surface area contributed by atoms with Crippen molar-refractivity contribution < 1.29 is 0 Å². The van der Waals surface area contributed by atoms with Crippen LogP contribution in [0.2, 0.25) is 0 Å². The molecule has 0 bridgehead atoms. The van der Waals surface area contributed by atoms with Crippen LogP contribution in [-0.4, -0.2) is 19.1 Å². The van der Waals surface area contributed by atoms with Crippen LogP contribution in [0, 0.1) is 0 Å². The second kappa shape index (κ2) is 6.59. The summed E-state index contributed by atoms with van der Waals surface area (Å²) in [6.07, 6.45) is 0. The van der Waals surface area contributed by atoms with Gasteiger partial charge in [-0.15, -0.1) is 0 Å². The average Bonchev–Trinajstić information content (AvgIpc) is 3.25. The summed E-state index contributed by atoms with van der Waals surface area (Å²) in [7, 11) is 2.07. The smallest absolute Gasteiger partial charge is 0.174 e. The van der Waals surface area contributed by atoms with Gasteiger partial charge >= 0.3 is 0 Å². The monoisotopic (exact) mass is 370 g/mol. The summed E-state index contributed by atoms with van der Waals surface area (Å²) in [5.74, 6) is 1.81. The molecule has 5 heteroatoms. The molecule has 3 aromatic carbocycles. The molecule has 0 spiro atoms. The Balaban J connectivity index is 1.56. The average molecular weight is 370 g/mol. The van der Waals surface area contributed by atoms with Crippen LogP contribution in [0.15, 0.2) is 84.0 Å². The van der Waals surface area contributed by atoms with Crippen LogP contribution in [0.1, 0.15) is 5.82 Å². The number of aryl methyl sites for hydroxylation is 1. The minimum absolute atomic E-state index is 0.765. The number of thioether (sulfide) groups is 1. The molecular weight excluding hydrogens is 352 g/mol. The maximum Gasteiger partial charge on any atom is 0.174 e. The van der Waals surface area contributed by atoms with E-state index < -0.39 is 0 Å². The number of para-hydroxylation sites is 5. The number of hydrogen-bond donors (Lipinski definition) is 0. The number of nitrogens with zero attached hydrogens (tertiary/aromatic N) is 4. The number of imidazole rings is 2. The first kappa shape index (κ1) is 16.1. The Hall–Kier alpha value is -3.05. The molecule has 2 aromatic heterocycles. The highest BCUT2D eigenvalue weighted by molar-refractivity contribution is 7.98. The fraction of sp³-hybridized carbons (Fsp3) is 0.0909. The molecule has 5 rings (SSSR count). The van der Waals surface area contributed by atoms with Gasteiger partial charge in [0.15, 0.2) is 5.16 Å². The number of rotatable bonds is 4. The molecule has 0 fully saturated rings. The molecular formula is C22H18N4S. The quantitative estimate of drug-likeness (QED) is 0.408. The predicted octanol–water partition coefficient (Wildman–Crippen LogP) is 5.20. The van der Waals surface area contributed by atoms with E-state index in [4.69, 9.17) is 9.97 Å². The zero-order chi connectivity index (χ0) is 18.2. The second-order valence-electron chi connectivity index (χ2n) is 6.42. The van der Waals surface area contributed by atoms with Crippen LogP contribution >= 0.6 is 11.8 Å². The summed E-state index contributed by atoms with van der Waals surface area (Å²) in [5.41, 5.74) is 5.44. The molecule has 0 amide bonds. The van der Waals surface area contributed by atoms with E-state index in [2.05, 4.69) is 76.8 Å². The Bertz CT molecular complexity index is 1240. The standard InChI is InChI=1S/C22H18N4S/c1-25-19-13-7-5-11-17(19)23-21(25)15-27-22-24-18-12-6-8-14-20(18)26(22)16-9-3-2-4-10-16/h2-14H,15H2,1H3. The lowest BCUT2D eigenvalue weighted by molar-refractivity contribution is 0.868. The van der Waals surface area contributed by atoms with Gasteiger partial charge in [-0.05, 0) is 36.4 Å². The second-order valence-corrected chi connectivity index (χ2v) is 7.36. The van der Waals surface area contributed by atoms with Crippen molar-refractivity contribution in [2.75, 3.05) is 0 Å². The molecule has 4 nitrogen and oxygen atoms in total. The first-order chi connectivity index (χ1) is 13.3. The van der Waals surface area contributed by atoms with Crippen molar-refractivity contribution in [3.8, 4) is 5.69 Å². The molecule has 0 N–H and O–H groups in total. The normalized spacial score (nSPS) is 11.4. The largest absolute Gasteiger partial charge is 0.330 e. The fourth-order valence-electron chi connectivity index (χ4n) is 3.38. The van der Waals surface area contributed by atoms with Crippen LogP contribution in [-0.2, 0) is 12.8 Å². The summed E-state index contributed by atoms with van der Waals surface area (Å²) in [5, 5.41) is 0.981. The lowest BCUT2D eigenvalue weighted by Crippen LogP contribution is -1.99. The van der Waals surface area contributed by atoms with Crippen molar-refractivity contribution in [3.63, 3.8) is 0 Å². The number of benzene rings is 3. The van der Waals surface area contributed by atoms with Crippen molar-refractivity contribution in [2.45, 2.75) is 10.9 Å². The molecule has 2 heterocycles. The predicted molar refractivity (Wildman–Crippen MR) is 111 cm³/mol. The van der Waals surface area contributed by atoms with Crippen LogP contribution in [0.25, 0.3) is 27.8 Å². The molecule has 0 aliphatic heterocycles. The molecule has 5 aromatic rings. The molecule has 132 valence electrons. The van der Waals surface area contributed by atoms with Crippen LogP contribution in [0.5, 0.6) is 0 Å². The van der Waals surface area contributed by atoms with E-state index in [1.165, 1.54) is 0 Å². The van der Waals surface area contributed by atoms with Gasteiger partial charge in [0, 0.05) is 12.7 Å². The molecule has 0 aliphatic rings. The third-order valence-corrected chi connectivity index (χ3v) is 5.69. The van der Waals surface area contributed by atoms with Gasteiger partial charge in [0.1, 0.15) is 5.82 Å². The van der Waals surface area contributed by atoms with Crippen molar-refractivity contribution >= 4 is 33.8 Å². The Morgan fingerprint density at radius 2 is 1.37 bits per heavy atom. The van der Waals surface area contributed by atoms with Gasteiger partial charge < -0.3 is 4.57 Å². The van der Waals surface area contributed by atoms with E-state index in [9.17, 15) is 0 Å². The highest BCUT2D eigenvalue weighted by Crippen LogP contribution is 2.30. The van der Waals surface area contributed by atoms with Gasteiger partial charge in [-0.1, -0.05) is 54.2 Å². The maximum absolute atomic E-state index is 4.88. The third-order valence-electron chi connectivity index (χ3n) is 4.75. The lowest BCUT2D eigenvalue weighted by Gasteiger charge is -2.09. The first-order valence-corrected chi connectivity index (χ1v) is 9.86. The topological polar surface area (TPSA) is 35.6 Å². The summed E-state index contributed by atoms with van der Waals surface area (Å²) in [4.78, 5) is 9.67. The van der Waals surface area contributed by atoms with E-state index >= 15 is 0 Å². The number of hydrogen-bond acceptors (Lipinski definition) is 3. The van der Waals surface area contributed by atoms with E-state index in [0.717, 1.165) is 44.5 Å². The van der Waals surface area contributed by atoms with Crippen LogP contribution in [0.4, 0.5) is 0 Å². The minimum Gasteiger partial charge on any atom is -0.330 e. The molecule has 0 aliphatic carbocycles. The zero-order valence-corrected chi connectivity index (χ0v) is 15.7. The maximum atomic E-state index is 4.88. The van der Waals surface area contributed by atoms with E-state index in [-0.39, 0.29) is 0 Å². The van der Waals surface area contributed by atoms with Crippen molar-refractivity contribution in [1.82, 2.24) is 19.1 Å². The lowest BCUT2D eigenvalue weighted by atomic mass is 10.3. The van der Waals surface area contributed by atoms with Crippen molar-refractivity contribution in [1.29, 1.82) is 0 Å². The Morgan fingerprint density at radius 1 is 0.741 bits per heavy atom. The van der Waals surface area contributed by atoms with Gasteiger partial charge in [-0.2, -0.15) is 0 Å². The van der Waals surface area contributed by atoms with E-state index in [1.54, 1.807) is 11.8 Å². The zero-order valence-electron chi connectivity index (χ0n) is 14.9. The van der Waals surface area contributed by atoms with E-state index in [0.29, 0.717) is 0 Å². The molecule has 0 unspecified atom stereocenters. The molecule has 27 heavy (non-hydrogen) atoms. The fourth-order valence-corrected chi connectivity index (χ4v) is 4.39. The summed E-state index contributed by atoms with van der Waals surface area (Å²) in [6.45, 7) is 0. The number of aromatic nitrogens is 4. The van der Waals surface area contributed by atoms with E-state index in [1.807, 2.05) is 18.2 Å². The molecule has 0 radical (unpaired) electrons. The Morgan fingerprint density at radius 3 is 2.11 bits per heavy atom. The van der Waals surface area contributed by atoms with Gasteiger partial charge in [0.25, 0.3) is 0 Å². The SMILES string of the molecule is Cn1c(CSc2nc3ccccc3n2-c2ccccc2)nc2ccccc21. The van der Waals surface area contributed by atoms with Gasteiger partial charge in [-0.3, -0.25) is 4.57 Å². The Labute approximate surface area is 161 Å². The third kappa shape index (κ3) is 2.80. The van der Waals surface area contributed by atoms with Gasteiger partial charge in [0.05, 0.1) is 27.8 Å². The minimum atomic E-state index is 0.765. The molecule has 0 atom stereocenters.